The first-order valence-corrected chi connectivity index (χ1v) is 9.81. The molecule has 1 atom stereocenters. The molecule has 0 amide bonds. The molecule has 0 saturated heterocycles. The summed E-state index contributed by atoms with van der Waals surface area (Å²) in [5.74, 6) is 2.18. The largest absolute Gasteiger partial charge is 0.494 e. The van der Waals surface area contributed by atoms with Crippen LogP contribution in [0.5, 0.6) is 5.75 Å². The first kappa shape index (κ1) is 19.3. The Hall–Kier alpha value is -1.06. The summed E-state index contributed by atoms with van der Waals surface area (Å²) < 4.78 is 5.71. The first-order chi connectivity index (χ1) is 11.8. The smallest absolute Gasteiger partial charge is 0.120 e. The van der Waals surface area contributed by atoms with Crippen LogP contribution in [0.15, 0.2) is 24.3 Å². The molecule has 3 nitrogen and oxygen atoms in total. The highest BCUT2D eigenvalue weighted by atomic mass is 17.1. The fourth-order valence-electron chi connectivity index (χ4n) is 3.78. The number of hydrogen-bond acceptors (Lipinski definition) is 3. The molecule has 2 rings (SSSR count). The maximum absolute atomic E-state index is 9.45. The van der Waals surface area contributed by atoms with Gasteiger partial charge in [0.2, 0.25) is 0 Å². The van der Waals surface area contributed by atoms with Crippen molar-refractivity contribution in [1.29, 1.82) is 0 Å². The van der Waals surface area contributed by atoms with Crippen LogP contribution in [0.1, 0.15) is 83.3 Å². The Bertz CT molecular complexity index is 435. The van der Waals surface area contributed by atoms with Crippen LogP contribution >= 0.6 is 0 Å². The van der Waals surface area contributed by atoms with E-state index in [1.54, 1.807) is 0 Å². The molecule has 0 aliphatic heterocycles. The Morgan fingerprint density at radius 3 is 2.25 bits per heavy atom. The van der Waals surface area contributed by atoms with Gasteiger partial charge in [-0.3, -0.25) is 5.26 Å². The minimum atomic E-state index is -0.207. The predicted octanol–water partition coefficient (Wildman–Crippen LogP) is 6.39. The third-order valence-electron chi connectivity index (χ3n) is 5.37. The van der Waals surface area contributed by atoms with Gasteiger partial charge in [0.15, 0.2) is 0 Å². The number of ether oxygens (including phenoxy) is 1. The Morgan fingerprint density at radius 1 is 1.00 bits per heavy atom. The van der Waals surface area contributed by atoms with Crippen LogP contribution < -0.4 is 4.74 Å². The Balaban J connectivity index is 1.87. The minimum absolute atomic E-state index is 0.207. The van der Waals surface area contributed by atoms with E-state index in [2.05, 4.69) is 13.8 Å². The van der Waals surface area contributed by atoms with Crippen LogP contribution in [0.2, 0.25) is 0 Å². The maximum Gasteiger partial charge on any atom is 0.120 e. The summed E-state index contributed by atoms with van der Waals surface area (Å²) >= 11 is 0. The summed E-state index contributed by atoms with van der Waals surface area (Å²) in [6, 6.07) is 8.05. The van der Waals surface area contributed by atoms with Crippen molar-refractivity contribution in [3.8, 4) is 5.75 Å². The molecular weight excluding hydrogens is 300 g/mol. The van der Waals surface area contributed by atoms with Crippen molar-refractivity contribution in [3.63, 3.8) is 0 Å². The van der Waals surface area contributed by atoms with Gasteiger partial charge in [-0.25, -0.2) is 4.89 Å². The zero-order chi connectivity index (χ0) is 17.2. The molecule has 0 bridgehead atoms. The van der Waals surface area contributed by atoms with E-state index in [1.165, 1.54) is 32.1 Å². The van der Waals surface area contributed by atoms with Gasteiger partial charge in [-0.15, -0.1) is 0 Å². The normalized spacial score (nSPS) is 22.3. The molecule has 136 valence electrons. The molecule has 0 spiro atoms. The van der Waals surface area contributed by atoms with Crippen molar-refractivity contribution in [2.45, 2.75) is 77.7 Å². The maximum atomic E-state index is 9.45. The number of unbranched alkanes of at least 4 members (excludes halogenated alkanes) is 2. The molecule has 1 unspecified atom stereocenters. The van der Waals surface area contributed by atoms with E-state index >= 15 is 0 Å². The van der Waals surface area contributed by atoms with Gasteiger partial charge < -0.3 is 4.74 Å². The lowest BCUT2D eigenvalue weighted by Crippen LogP contribution is -2.22. The molecule has 1 aliphatic rings. The topological polar surface area (TPSA) is 38.7 Å². The molecule has 1 fully saturated rings. The lowest BCUT2D eigenvalue weighted by molar-refractivity contribution is -0.296. The molecule has 1 aromatic rings. The lowest BCUT2D eigenvalue weighted by atomic mass is 9.76. The van der Waals surface area contributed by atoms with Gasteiger partial charge in [-0.1, -0.05) is 64.5 Å². The average molecular weight is 335 g/mol. The van der Waals surface area contributed by atoms with E-state index in [0.717, 1.165) is 49.5 Å². The van der Waals surface area contributed by atoms with E-state index in [9.17, 15) is 5.26 Å². The number of rotatable bonds is 10. The number of hydrogen-bond donors (Lipinski definition) is 1. The first-order valence-electron chi connectivity index (χ1n) is 9.81. The molecule has 1 saturated carbocycles. The second kappa shape index (κ2) is 10.7. The standard InChI is InChI=1S/C21H34O3/c1-3-5-7-17-8-10-18(11-9-17)21(24-22)19-12-14-20(15-13-19)23-16-6-4-2/h12-15,17-18,21-22H,3-11,16H2,1-2H3. The quantitative estimate of drug-likeness (QED) is 0.306. The van der Waals surface area contributed by atoms with Crippen LogP contribution in [0.4, 0.5) is 0 Å². The van der Waals surface area contributed by atoms with Crippen LogP contribution in [-0.2, 0) is 4.89 Å². The van der Waals surface area contributed by atoms with Gasteiger partial charge in [0.1, 0.15) is 11.9 Å². The van der Waals surface area contributed by atoms with Crippen molar-refractivity contribution in [1.82, 2.24) is 0 Å². The van der Waals surface area contributed by atoms with Gasteiger partial charge in [0.05, 0.1) is 6.61 Å². The van der Waals surface area contributed by atoms with E-state index < -0.39 is 0 Å². The molecule has 1 aromatic carbocycles. The predicted molar refractivity (Wildman–Crippen MR) is 98.3 cm³/mol. The van der Waals surface area contributed by atoms with Crippen LogP contribution in [0.25, 0.3) is 0 Å². The second-order valence-electron chi connectivity index (χ2n) is 7.22. The molecule has 1 N–H and O–H groups in total. The molecule has 0 aromatic heterocycles. The van der Waals surface area contributed by atoms with Crippen molar-refractivity contribution in [3.05, 3.63) is 29.8 Å². The van der Waals surface area contributed by atoms with Crippen LogP contribution in [0.3, 0.4) is 0 Å². The summed E-state index contributed by atoms with van der Waals surface area (Å²) in [6.07, 6.45) is 10.8. The third-order valence-corrected chi connectivity index (χ3v) is 5.37. The van der Waals surface area contributed by atoms with Crippen molar-refractivity contribution in [2.75, 3.05) is 6.61 Å². The summed E-state index contributed by atoms with van der Waals surface area (Å²) in [4.78, 5) is 4.89. The van der Waals surface area contributed by atoms with Crippen LogP contribution in [0, 0.1) is 11.8 Å². The minimum Gasteiger partial charge on any atom is -0.494 e. The van der Waals surface area contributed by atoms with E-state index in [4.69, 9.17) is 9.62 Å². The molecule has 3 heteroatoms. The third kappa shape index (κ3) is 5.78. The molecular formula is C21H34O3. The molecule has 0 radical (unpaired) electrons. The second-order valence-corrected chi connectivity index (χ2v) is 7.22. The molecule has 1 aliphatic carbocycles. The average Bonchev–Trinajstić information content (AvgIpc) is 2.63. The zero-order valence-corrected chi connectivity index (χ0v) is 15.4. The van der Waals surface area contributed by atoms with Crippen molar-refractivity contribution in [2.24, 2.45) is 11.8 Å². The Morgan fingerprint density at radius 2 is 1.67 bits per heavy atom. The van der Waals surface area contributed by atoms with E-state index in [1.807, 2.05) is 24.3 Å². The zero-order valence-electron chi connectivity index (χ0n) is 15.4. The van der Waals surface area contributed by atoms with Crippen molar-refractivity contribution >= 4 is 0 Å². The Labute approximate surface area is 147 Å². The fraction of sp³-hybridized carbons (Fsp3) is 0.714. The highest BCUT2D eigenvalue weighted by Crippen LogP contribution is 2.40. The molecule has 24 heavy (non-hydrogen) atoms. The van der Waals surface area contributed by atoms with Crippen molar-refractivity contribution < 1.29 is 14.9 Å². The van der Waals surface area contributed by atoms with E-state index in [0.29, 0.717) is 5.92 Å². The summed E-state index contributed by atoms with van der Waals surface area (Å²) in [6.45, 7) is 5.18. The summed E-state index contributed by atoms with van der Waals surface area (Å²) in [5.41, 5.74) is 1.05. The van der Waals surface area contributed by atoms with Gasteiger partial charge in [-0.2, -0.15) is 0 Å². The monoisotopic (exact) mass is 334 g/mol. The number of benzene rings is 1. The van der Waals surface area contributed by atoms with Crippen LogP contribution in [-0.4, -0.2) is 11.9 Å². The van der Waals surface area contributed by atoms with E-state index in [-0.39, 0.29) is 6.10 Å². The van der Waals surface area contributed by atoms with Gasteiger partial charge in [-0.05, 0) is 48.8 Å². The SMILES string of the molecule is CCCCOc1ccc(C(OO)C2CCC(CCCC)CC2)cc1. The van der Waals surface area contributed by atoms with Gasteiger partial charge >= 0.3 is 0 Å². The van der Waals surface area contributed by atoms with Gasteiger partial charge in [0.25, 0.3) is 0 Å². The molecule has 0 heterocycles. The highest BCUT2D eigenvalue weighted by molar-refractivity contribution is 5.29. The summed E-state index contributed by atoms with van der Waals surface area (Å²) in [7, 11) is 0. The summed E-state index contributed by atoms with van der Waals surface area (Å²) in [5, 5.41) is 9.45. The highest BCUT2D eigenvalue weighted by Gasteiger charge is 2.29. The van der Waals surface area contributed by atoms with Gasteiger partial charge in [0, 0.05) is 0 Å². The fourth-order valence-corrected chi connectivity index (χ4v) is 3.78. The Kier molecular flexibility index (Phi) is 8.62. The lowest BCUT2D eigenvalue weighted by Gasteiger charge is -2.32.